The van der Waals surface area contributed by atoms with Gasteiger partial charge >= 0.3 is 0 Å². The second kappa shape index (κ2) is 6.51. The van der Waals surface area contributed by atoms with Crippen LogP contribution < -0.4 is 16.6 Å². The predicted molar refractivity (Wildman–Crippen MR) is 73.2 cm³/mol. The Balaban J connectivity index is 2.96. The molecule has 1 aromatic heterocycles. The van der Waals surface area contributed by atoms with Crippen LogP contribution in [0.2, 0.25) is 0 Å². The number of nitrogens with one attached hydrogen (secondary N) is 2. The Bertz CT molecular complexity index is 379. The van der Waals surface area contributed by atoms with E-state index in [2.05, 4.69) is 41.5 Å². The summed E-state index contributed by atoms with van der Waals surface area (Å²) in [6, 6.07) is 1.79. The molecule has 0 radical (unpaired) electrons. The van der Waals surface area contributed by atoms with Crippen LogP contribution >= 0.6 is 0 Å². The largest absolute Gasteiger partial charge is 0.377 e. The number of anilines is 2. The Kier molecular flexibility index (Phi) is 5.30. The lowest BCUT2D eigenvalue weighted by Crippen LogP contribution is -2.33. The van der Waals surface area contributed by atoms with Crippen molar-refractivity contribution in [3.05, 3.63) is 11.9 Å². The second-order valence-corrected chi connectivity index (χ2v) is 4.52. The van der Waals surface area contributed by atoms with E-state index in [-0.39, 0.29) is 5.54 Å². The number of nitrogen functional groups attached to an aromatic ring is 1. The average Bonchev–Trinajstić information content (AvgIpc) is 2.38. The minimum Gasteiger partial charge on any atom is -0.377 e. The fraction of sp³-hybridized carbons (Fsp3) is 0.667. The number of methoxy groups -OCH3 is 1. The van der Waals surface area contributed by atoms with Crippen LogP contribution in [0, 0.1) is 0 Å². The SMILES string of the molecule is CCC(C)(CC)Nc1cc(NN)nc(COC)n1. The van der Waals surface area contributed by atoms with Crippen LogP contribution in [0.15, 0.2) is 6.07 Å². The Labute approximate surface area is 108 Å². The van der Waals surface area contributed by atoms with Gasteiger partial charge in [-0.05, 0) is 19.8 Å². The first-order valence-electron chi connectivity index (χ1n) is 6.18. The molecule has 0 unspecified atom stereocenters. The van der Waals surface area contributed by atoms with E-state index < -0.39 is 0 Å². The van der Waals surface area contributed by atoms with Gasteiger partial charge in [-0.2, -0.15) is 0 Å². The van der Waals surface area contributed by atoms with Gasteiger partial charge in [-0.15, -0.1) is 0 Å². The lowest BCUT2D eigenvalue weighted by atomic mass is 9.96. The molecule has 18 heavy (non-hydrogen) atoms. The van der Waals surface area contributed by atoms with Gasteiger partial charge in [0.15, 0.2) is 5.82 Å². The third kappa shape index (κ3) is 3.82. The van der Waals surface area contributed by atoms with E-state index in [4.69, 9.17) is 10.6 Å². The maximum absolute atomic E-state index is 5.40. The molecule has 0 saturated heterocycles. The van der Waals surface area contributed by atoms with Crippen molar-refractivity contribution in [3.8, 4) is 0 Å². The molecule has 6 nitrogen and oxygen atoms in total. The zero-order valence-corrected chi connectivity index (χ0v) is 11.6. The van der Waals surface area contributed by atoms with Gasteiger partial charge in [0.1, 0.15) is 18.2 Å². The number of hydrogen-bond acceptors (Lipinski definition) is 6. The summed E-state index contributed by atoms with van der Waals surface area (Å²) in [6.07, 6.45) is 2.02. The van der Waals surface area contributed by atoms with Crippen molar-refractivity contribution in [2.24, 2.45) is 5.84 Å². The van der Waals surface area contributed by atoms with E-state index in [1.807, 2.05) is 0 Å². The molecule has 4 N–H and O–H groups in total. The van der Waals surface area contributed by atoms with E-state index in [9.17, 15) is 0 Å². The van der Waals surface area contributed by atoms with Gasteiger partial charge in [0.05, 0.1) is 0 Å². The summed E-state index contributed by atoms with van der Waals surface area (Å²) in [4.78, 5) is 8.62. The summed E-state index contributed by atoms with van der Waals surface area (Å²) in [6.45, 7) is 6.82. The highest BCUT2D eigenvalue weighted by molar-refractivity contribution is 5.48. The van der Waals surface area contributed by atoms with Crippen molar-refractivity contribution in [1.82, 2.24) is 9.97 Å². The van der Waals surface area contributed by atoms with Crippen molar-refractivity contribution >= 4 is 11.6 Å². The van der Waals surface area contributed by atoms with Crippen LogP contribution in [0.25, 0.3) is 0 Å². The number of ether oxygens (including phenoxy) is 1. The number of hydrogen-bond donors (Lipinski definition) is 3. The fourth-order valence-corrected chi connectivity index (χ4v) is 1.56. The Morgan fingerprint density at radius 3 is 2.39 bits per heavy atom. The van der Waals surface area contributed by atoms with Crippen molar-refractivity contribution in [2.75, 3.05) is 17.9 Å². The van der Waals surface area contributed by atoms with Crippen molar-refractivity contribution < 1.29 is 4.74 Å². The van der Waals surface area contributed by atoms with Crippen LogP contribution in [-0.4, -0.2) is 22.6 Å². The fourth-order valence-electron chi connectivity index (χ4n) is 1.56. The van der Waals surface area contributed by atoms with Gasteiger partial charge < -0.3 is 15.5 Å². The third-order valence-electron chi connectivity index (χ3n) is 3.18. The molecule has 0 saturated carbocycles. The quantitative estimate of drug-likeness (QED) is 0.508. The van der Waals surface area contributed by atoms with Gasteiger partial charge in [-0.3, -0.25) is 0 Å². The predicted octanol–water partition coefficient (Wildman–Crippen LogP) is 1.90. The van der Waals surface area contributed by atoms with Gasteiger partial charge in [0, 0.05) is 18.7 Å². The number of hydrazine groups is 1. The molecule has 0 atom stereocenters. The molecule has 0 spiro atoms. The zero-order chi connectivity index (χ0) is 13.6. The van der Waals surface area contributed by atoms with Gasteiger partial charge in [-0.1, -0.05) is 13.8 Å². The van der Waals surface area contributed by atoms with Crippen molar-refractivity contribution in [2.45, 2.75) is 45.8 Å². The van der Waals surface area contributed by atoms with Crippen LogP contribution in [0.1, 0.15) is 39.4 Å². The standard InChI is InChI=1S/C12H23N5O/c1-5-12(3,6-2)16-9-7-10(17-13)15-11(14-9)8-18-4/h7H,5-6,8,13H2,1-4H3,(H2,14,15,16,17). The first kappa shape index (κ1) is 14.7. The highest BCUT2D eigenvalue weighted by Crippen LogP contribution is 2.21. The first-order valence-corrected chi connectivity index (χ1v) is 6.18. The van der Waals surface area contributed by atoms with Crippen LogP contribution in [0.4, 0.5) is 11.6 Å². The van der Waals surface area contributed by atoms with Gasteiger partial charge in [-0.25, -0.2) is 15.8 Å². The molecule has 0 amide bonds. The minimum absolute atomic E-state index is 0.0184. The molecule has 0 aliphatic carbocycles. The molecule has 0 aliphatic heterocycles. The average molecular weight is 253 g/mol. The van der Waals surface area contributed by atoms with Crippen molar-refractivity contribution in [1.29, 1.82) is 0 Å². The van der Waals surface area contributed by atoms with Crippen LogP contribution in [-0.2, 0) is 11.3 Å². The maximum Gasteiger partial charge on any atom is 0.158 e. The van der Waals surface area contributed by atoms with Crippen LogP contribution in [0.3, 0.4) is 0 Å². The van der Waals surface area contributed by atoms with Crippen LogP contribution in [0.5, 0.6) is 0 Å². The molecule has 0 aromatic carbocycles. The van der Waals surface area contributed by atoms with E-state index >= 15 is 0 Å². The molecule has 6 heteroatoms. The summed E-state index contributed by atoms with van der Waals surface area (Å²) in [7, 11) is 1.61. The summed E-state index contributed by atoms with van der Waals surface area (Å²) >= 11 is 0. The molecule has 1 aromatic rings. The number of aromatic nitrogens is 2. The lowest BCUT2D eigenvalue weighted by Gasteiger charge is -2.29. The smallest absolute Gasteiger partial charge is 0.158 e. The zero-order valence-electron chi connectivity index (χ0n) is 11.6. The molecular weight excluding hydrogens is 230 g/mol. The Hall–Kier alpha value is -1.40. The highest BCUT2D eigenvalue weighted by atomic mass is 16.5. The summed E-state index contributed by atoms with van der Waals surface area (Å²) in [5, 5.41) is 3.43. The minimum atomic E-state index is 0.0184. The Morgan fingerprint density at radius 1 is 1.28 bits per heavy atom. The molecule has 0 fully saturated rings. The monoisotopic (exact) mass is 253 g/mol. The number of rotatable bonds is 7. The Morgan fingerprint density at radius 2 is 1.89 bits per heavy atom. The van der Waals surface area contributed by atoms with Crippen molar-refractivity contribution in [3.63, 3.8) is 0 Å². The number of nitrogens with zero attached hydrogens (tertiary/aromatic N) is 2. The van der Waals surface area contributed by atoms with E-state index in [1.165, 1.54) is 0 Å². The lowest BCUT2D eigenvalue weighted by molar-refractivity contribution is 0.178. The molecular formula is C12H23N5O. The topological polar surface area (TPSA) is 85.1 Å². The summed E-state index contributed by atoms with van der Waals surface area (Å²) < 4.78 is 5.04. The normalized spacial score (nSPS) is 11.4. The summed E-state index contributed by atoms with van der Waals surface area (Å²) in [5.74, 6) is 7.34. The highest BCUT2D eigenvalue weighted by Gasteiger charge is 2.20. The van der Waals surface area contributed by atoms with Gasteiger partial charge in [0.25, 0.3) is 0 Å². The number of nitrogens with two attached hydrogens (primary N) is 1. The molecule has 0 aliphatic rings. The molecule has 1 heterocycles. The van der Waals surface area contributed by atoms with E-state index in [1.54, 1.807) is 13.2 Å². The van der Waals surface area contributed by atoms with Gasteiger partial charge in [0.2, 0.25) is 0 Å². The molecule has 102 valence electrons. The van der Waals surface area contributed by atoms with E-state index in [0.29, 0.717) is 18.2 Å². The first-order chi connectivity index (χ1) is 8.56. The summed E-state index contributed by atoms with van der Waals surface area (Å²) in [5.41, 5.74) is 2.56. The molecule has 0 bridgehead atoms. The maximum atomic E-state index is 5.40. The van der Waals surface area contributed by atoms with E-state index in [0.717, 1.165) is 18.7 Å². The second-order valence-electron chi connectivity index (χ2n) is 4.52. The molecule has 1 rings (SSSR count). The third-order valence-corrected chi connectivity index (χ3v) is 3.18.